The van der Waals surface area contributed by atoms with Gasteiger partial charge in [-0.3, -0.25) is 19.3 Å². The lowest BCUT2D eigenvalue weighted by atomic mass is 10.1. The van der Waals surface area contributed by atoms with Crippen LogP contribution in [0.1, 0.15) is 43.9 Å². The molecule has 9 heteroatoms. The van der Waals surface area contributed by atoms with E-state index in [9.17, 15) is 22.8 Å². The lowest BCUT2D eigenvalue weighted by molar-refractivity contribution is 0.0693. The van der Waals surface area contributed by atoms with Gasteiger partial charge in [-0.15, -0.1) is 0 Å². The number of fused-ring (bicyclic) bond motifs is 1. The van der Waals surface area contributed by atoms with Crippen LogP contribution in [-0.4, -0.2) is 55.5 Å². The Morgan fingerprint density at radius 2 is 1.55 bits per heavy atom. The highest BCUT2D eigenvalue weighted by Gasteiger charge is 2.33. The molecule has 4 rings (SSSR count). The molecule has 0 radical (unpaired) electrons. The van der Waals surface area contributed by atoms with Gasteiger partial charge in [-0.25, -0.2) is 8.42 Å². The van der Waals surface area contributed by atoms with Gasteiger partial charge in [0.1, 0.15) is 0 Å². The largest absolute Gasteiger partial charge is 0.322 e. The topological polar surface area (TPSA) is 104 Å². The molecule has 1 fully saturated rings. The normalized spacial score (nSPS) is 16.9. The molecular weight excluding hydrogens is 394 g/mol. The van der Waals surface area contributed by atoms with Crippen molar-refractivity contribution in [1.29, 1.82) is 0 Å². The molecule has 1 saturated heterocycles. The summed E-state index contributed by atoms with van der Waals surface area (Å²) in [6.45, 7) is 1.05. The number of sulfonamides is 1. The van der Waals surface area contributed by atoms with Crippen molar-refractivity contribution in [3.63, 3.8) is 0 Å². The van der Waals surface area contributed by atoms with Crippen molar-refractivity contribution in [3.8, 4) is 0 Å². The summed E-state index contributed by atoms with van der Waals surface area (Å²) in [5.41, 5.74) is 1.12. The molecule has 8 nitrogen and oxygen atoms in total. The van der Waals surface area contributed by atoms with Crippen molar-refractivity contribution in [2.75, 3.05) is 25.5 Å². The summed E-state index contributed by atoms with van der Waals surface area (Å²) in [5, 5.41) is 2.68. The number of hydrogen-bond donors (Lipinski definition) is 1. The van der Waals surface area contributed by atoms with Crippen molar-refractivity contribution in [3.05, 3.63) is 59.2 Å². The molecule has 1 N–H and O–H groups in total. The van der Waals surface area contributed by atoms with Gasteiger partial charge in [0.15, 0.2) is 0 Å². The Kier molecular flexibility index (Phi) is 4.71. The summed E-state index contributed by atoms with van der Waals surface area (Å²) in [5.74, 6) is -1.30. The molecule has 0 saturated carbocycles. The first kappa shape index (κ1) is 19.3. The van der Waals surface area contributed by atoms with Crippen molar-refractivity contribution >= 4 is 33.4 Å². The third kappa shape index (κ3) is 3.32. The number of anilines is 1. The van der Waals surface area contributed by atoms with Gasteiger partial charge < -0.3 is 5.32 Å². The smallest absolute Gasteiger partial charge is 0.261 e. The molecule has 2 aliphatic heterocycles. The summed E-state index contributed by atoms with van der Waals surface area (Å²) in [6.07, 6.45) is 1.72. The van der Waals surface area contributed by atoms with Gasteiger partial charge in [-0.1, -0.05) is 0 Å². The quantitative estimate of drug-likeness (QED) is 0.772. The molecule has 150 valence electrons. The zero-order valence-corrected chi connectivity index (χ0v) is 16.5. The number of carbonyl (C=O) groups is 3. The van der Waals surface area contributed by atoms with Crippen LogP contribution < -0.4 is 5.32 Å². The lowest BCUT2D eigenvalue weighted by Gasteiger charge is -2.15. The van der Waals surface area contributed by atoms with Crippen molar-refractivity contribution in [2.24, 2.45) is 0 Å². The maximum absolute atomic E-state index is 12.6. The second-order valence-electron chi connectivity index (χ2n) is 7.02. The Morgan fingerprint density at radius 3 is 2.21 bits per heavy atom. The van der Waals surface area contributed by atoms with E-state index in [-0.39, 0.29) is 21.6 Å². The average molecular weight is 413 g/mol. The first-order valence-electron chi connectivity index (χ1n) is 9.17. The predicted molar refractivity (Wildman–Crippen MR) is 105 cm³/mol. The highest BCUT2D eigenvalue weighted by molar-refractivity contribution is 7.89. The van der Waals surface area contributed by atoms with Crippen LogP contribution in [0.25, 0.3) is 0 Å². The molecule has 0 spiro atoms. The standard InChI is InChI=1S/C20H19N3O5S/c1-22-19(25)16-9-4-13(12-17(16)20(22)26)18(24)21-14-5-7-15(8-6-14)29(27,28)23-10-2-3-11-23/h4-9,12H,2-3,10-11H2,1H3,(H,21,24). The Labute approximate surface area is 168 Å². The number of amides is 3. The number of hydrogen-bond acceptors (Lipinski definition) is 5. The molecule has 0 atom stereocenters. The maximum Gasteiger partial charge on any atom is 0.261 e. The van der Waals surface area contributed by atoms with Gasteiger partial charge >= 0.3 is 0 Å². The number of carbonyl (C=O) groups excluding carboxylic acids is 3. The van der Waals surface area contributed by atoms with Gasteiger partial charge in [0.2, 0.25) is 10.0 Å². The Hall–Kier alpha value is -3.04. The van der Waals surface area contributed by atoms with E-state index in [0.29, 0.717) is 18.8 Å². The molecule has 3 amide bonds. The average Bonchev–Trinajstić information content (AvgIpc) is 3.33. The lowest BCUT2D eigenvalue weighted by Crippen LogP contribution is -2.27. The van der Waals surface area contributed by atoms with Crippen LogP contribution in [0.3, 0.4) is 0 Å². The van der Waals surface area contributed by atoms with E-state index in [1.807, 2.05) is 0 Å². The van der Waals surface area contributed by atoms with E-state index in [4.69, 9.17) is 0 Å². The first-order valence-corrected chi connectivity index (χ1v) is 10.6. The Morgan fingerprint density at radius 1 is 0.931 bits per heavy atom. The van der Waals surface area contributed by atoms with Crippen LogP contribution in [0.5, 0.6) is 0 Å². The SMILES string of the molecule is CN1C(=O)c2ccc(C(=O)Nc3ccc(S(=O)(=O)N4CCCC4)cc3)cc2C1=O. The van der Waals surface area contributed by atoms with Crippen molar-refractivity contribution in [2.45, 2.75) is 17.7 Å². The number of imide groups is 1. The Bertz CT molecular complexity index is 1120. The van der Waals surface area contributed by atoms with Gasteiger partial charge in [0.25, 0.3) is 17.7 Å². The Balaban J connectivity index is 1.51. The zero-order valence-electron chi connectivity index (χ0n) is 15.7. The molecule has 2 heterocycles. The highest BCUT2D eigenvalue weighted by Crippen LogP contribution is 2.24. The first-order chi connectivity index (χ1) is 13.8. The molecule has 0 aliphatic carbocycles. The minimum Gasteiger partial charge on any atom is -0.322 e. The van der Waals surface area contributed by atoms with Crippen LogP contribution in [0.4, 0.5) is 5.69 Å². The molecular formula is C20H19N3O5S. The van der Waals surface area contributed by atoms with E-state index in [1.54, 1.807) is 0 Å². The minimum absolute atomic E-state index is 0.182. The molecule has 2 aromatic carbocycles. The summed E-state index contributed by atoms with van der Waals surface area (Å²) >= 11 is 0. The van der Waals surface area contributed by atoms with Crippen LogP contribution in [-0.2, 0) is 10.0 Å². The van der Waals surface area contributed by atoms with Crippen LogP contribution >= 0.6 is 0 Å². The highest BCUT2D eigenvalue weighted by atomic mass is 32.2. The number of benzene rings is 2. The van der Waals surface area contributed by atoms with Gasteiger partial charge in [0, 0.05) is 31.4 Å². The fourth-order valence-electron chi connectivity index (χ4n) is 3.49. The summed E-state index contributed by atoms with van der Waals surface area (Å²) in [4.78, 5) is 37.7. The van der Waals surface area contributed by atoms with Crippen LogP contribution in [0.2, 0.25) is 0 Å². The second-order valence-corrected chi connectivity index (χ2v) is 8.96. The molecule has 0 bridgehead atoms. The summed E-state index contributed by atoms with van der Waals surface area (Å²) in [7, 11) is -2.12. The monoisotopic (exact) mass is 413 g/mol. The van der Waals surface area contributed by atoms with Gasteiger partial charge in [-0.2, -0.15) is 4.31 Å². The van der Waals surface area contributed by atoms with E-state index < -0.39 is 27.7 Å². The van der Waals surface area contributed by atoms with Gasteiger partial charge in [0.05, 0.1) is 16.0 Å². The second kappa shape index (κ2) is 7.09. The molecule has 2 aliphatic rings. The van der Waals surface area contributed by atoms with Gasteiger partial charge in [-0.05, 0) is 55.3 Å². The summed E-state index contributed by atoms with van der Waals surface area (Å²) < 4.78 is 26.6. The molecule has 2 aromatic rings. The minimum atomic E-state index is -3.51. The fraction of sp³-hybridized carbons (Fsp3) is 0.250. The van der Waals surface area contributed by atoms with Crippen LogP contribution in [0, 0.1) is 0 Å². The molecule has 29 heavy (non-hydrogen) atoms. The third-order valence-electron chi connectivity index (χ3n) is 5.17. The van der Waals surface area contributed by atoms with E-state index in [1.165, 1.54) is 53.8 Å². The van der Waals surface area contributed by atoms with Crippen molar-refractivity contribution in [1.82, 2.24) is 9.21 Å². The fourth-order valence-corrected chi connectivity index (χ4v) is 5.01. The number of nitrogens with zero attached hydrogens (tertiary/aromatic N) is 2. The van der Waals surface area contributed by atoms with E-state index in [0.717, 1.165) is 17.7 Å². The number of rotatable bonds is 4. The zero-order chi connectivity index (χ0) is 20.8. The third-order valence-corrected chi connectivity index (χ3v) is 7.08. The van der Waals surface area contributed by atoms with Crippen molar-refractivity contribution < 1.29 is 22.8 Å². The predicted octanol–water partition coefficient (Wildman–Crippen LogP) is 1.95. The molecule has 0 unspecified atom stereocenters. The number of nitrogens with one attached hydrogen (secondary N) is 1. The summed E-state index contributed by atoms with van der Waals surface area (Å²) in [6, 6.07) is 10.3. The molecule has 0 aromatic heterocycles. The van der Waals surface area contributed by atoms with E-state index >= 15 is 0 Å². The van der Waals surface area contributed by atoms with Crippen LogP contribution in [0.15, 0.2) is 47.4 Å². The maximum atomic E-state index is 12.6. The van der Waals surface area contributed by atoms with E-state index in [2.05, 4.69) is 5.32 Å².